The molecule has 2 N–H and O–H groups in total. The first-order chi connectivity index (χ1) is 8.16. The molecule has 0 aromatic carbocycles. The first-order valence-electron chi connectivity index (χ1n) is 7.92. The minimum absolute atomic E-state index is 0.444. The Balaban J connectivity index is 3.07. The lowest BCUT2D eigenvalue weighted by molar-refractivity contribution is 0.450. The quantitative estimate of drug-likeness (QED) is 0.462. The molecule has 0 aliphatic heterocycles. The van der Waals surface area contributed by atoms with Crippen molar-refractivity contribution in [3.63, 3.8) is 0 Å². The fraction of sp³-hybridized carbons (Fsp3) is 1.00. The van der Waals surface area contributed by atoms with E-state index in [4.69, 9.17) is 5.73 Å². The zero-order chi connectivity index (χ0) is 12.9. The molecular formula is C16H35N. The van der Waals surface area contributed by atoms with Gasteiger partial charge in [0, 0.05) is 6.04 Å². The molecule has 0 saturated heterocycles. The maximum Gasteiger partial charge on any atom is 0.00412 e. The Hall–Kier alpha value is -0.0400. The van der Waals surface area contributed by atoms with Crippen LogP contribution in [0.2, 0.25) is 0 Å². The summed E-state index contributed by atoms with van der Waals surface area (Å²) in [5.74, 6) is 0.753. The van der Waals surface area contributed by atoms with Gasteiger partial charge in [0.15, 0.2) is 0 Å². The van der Waals surface area contributed by atoms with Crippen molar-refractivity contribution in [1.29, 1.82) is 0 Å². The second-order valence-electron chi connectivity index (χ2n) is 6.01. The molecule has 1 heteroatoms. The van der Waals surface area contributed by atoms with E-state index in [9.17, 15) is 0 Å². The van der Waals surface area contributed by atoms with E-state index in [0.29, 0.717) is 6.04 Å². The lowest BCUT2D eigenvalue weighted by Crippen LogP contribution is -2.21. The number of nitrogens with two attached hydrogens (primary N) is 1. The Bertz CT molecular complexity index is 142. The van der Waals surface area contributed by atoms with Crippen LogP contribution in [0.5, 0.6) is 0 Å². The molecule has 0 saturated carbocycles. The zero-order valence-electron chi connectivity index (χ0n) is 12.5. The summed E-state index contributed by atoms with van der Waals surface area (Å²) in [6, 6.07) is 0.444. The number of rotatable bonds is 12. The van der Waals surface area contributed by atoms with Crippen LogP contribution >= 0.6 is 0 Å². The molecule has 0 fully saturated rings. The highest BCUT2D eigenvalue weighted by molar-refractivity contribution is 4.63. The van der Waals surface area contributed by atoms with E-state index >= 15 is 0 Å². The highest BCUT2D eigenvalue weighted by atomic mass is 14.6. The van der Waals surface area contributed by atoms with Gasteiger partial charge in [-0.2, -0.15) is 0 Å². The molecule has 1 nitrogen and oxygen atoms in total. The van der Waals surface area contributed by atoms with Crippen LogP contribution in [-0.4, -0.2) is 6.04 Å². The lowest BCUT2D eigenvalue weighted by Gasteiger charge is -2.13. The molecule has 0 aromatic heterocycles. The van der Waals surface area contributed by atoms with Gasteiger partial charge in [0.25, 0.3) is 0 Å². The molecule has 0 bridgehead atoms. The van der Waals surface area contributed by atoms with Crippen LogP contribution in [0.1, 0.15) is 91.4 Å². The van der Waals surface area contributed by atoms with Gasteiger partial charge in [0.1, 0.15) is 0 Å². The van der Waals surface area contributed by atoms with Crippen LogP contribution in [-0.2, 0) is 0 Å². The van der Waals surface area contributed by atoms with Crippen LogP contribution in [0, 0.1) is 5.92 Å². The molecule has 1 atom stereocenters. The third-order valence-electron chi connectivity index (χ3n) is 3.45. The first kappa shape index (κ1) is 17.0. The molecular weight excluding hydrogens is 206 g/mol. The van der Waals surface area contributed by atoms with E-state index in [1.807, 2.05) is 0 Å². The van der Waals surface area contributed by atoms with Crippen molar-refractivity contribution in [2.45, 2.75) is 97.4 Å². The van der Waals surface area contributed by atoms with Gasteiger partial charge in [0.05, 0.1) is 0 Å². The number of hydrogen-bond acceptors (Lipinski definition) is 1. The van der Waals surface area contributed by atoms with Gasteiger partial charge in [-0.3, -0.25) is 0 Å². The monoisotopic (exact) mass is 241 g/mol. The van der Waals surface area contributed by atoms with Crippen LogP contribution < -0.4 is 5.73 Å². The van der Waals surface area contributed by atoms with Gasteiger partial charge in [-0.05, 0) is 18.8 Å². The molecule has 104 valence electrons. The maximum atomic E-state index is 6.07. The molecule has 0 heterocycles. The molecule has 0 amide bonds. The summed E-state index contributed by atoms with van der Waals surface area (Å²) in [5, 5.41) is 0. The first-order valence-corrected chi connectivity index (χ1v) is 7.92. The van der Waals surface area contributed by atoms with Crippen molar-refractivity contribution in [1.82, 2.24) is 0 Å². The summed E-state index contributed by atoms with van der Waals surface area (Å²) in [5.41, 5.74) is 6.07. The molecule has 0 aliphatic carbocycles. The molecule has 0 spiro atoms. The van der Waals surface area contributed by atoms with Gasteiger partial charge in [-0.1, -0.05) is 78.6 Å². The predicted molar refractivity (Wildman–Crippen MR) is 79.3 cm³/mol. The van der Waals surface area contributed by atoms with Gasteiger partial charge in [0.2, 0.25) is 0 Å². The maximum absolute atomic E-state index is 6.07. The van der Waals surface area contributed by atoms with E-state index in [1.54, 1.807) is 0 Å². The van der Waals surface area contributed by atoms with E-state index in [-0.39, 0.29) is 0 Å². The molecule has 0 aliphatic rings. The zero-order valence-corrected chi connectivity index (χ0v) is 12.5. The summed E-state index contributed by atoms with van der Waals surface area (Å²) in [4.78, 5) is 0. The minimum atomic E-state index is 0.444. The normalized spacial score (nSPS) is 13.2. The van der Waals surface area contributed by atoms with E-state index in [2.05, 4.69) is 20.8 Å². The summed E-state index contributed by atoms with van der Waals surface area (Å²) in [6.45, 7) is 6.80. The van der Waals surface area contributed by atoms with Gasteiger partial charge in [-0.15, -0.1) is 0 Å². The number of unbranched alkanes of at least 4 members (excludes halogenated alkanes) is 8. The second kappa shape index (κ2) is 12.4. The van der Waals surface area contributed by atoms with Gasteiger partial charge >= 0.3 is 0 Å². The third kappa shape index (κ3) is 13.9. The van der Waals surface area contributed by atoms with Gasteiger partial charge in [-0.25, -0.2) is 0 Å². The SMILES string of the molecule is CCCCCCCCCCCC(N)CC(C)C. The Labute approximate surface area is 110 Å². The van der Waals surface area contributed by atoms with Crippen molar-refractivity contribution >= 4 is 0 Å². The van der Waals surface area contributed by atoms with Crippen molar-refractivity contribution in [3.8, 4) is 0 Å². The Morgan fingerprint density at radius 1 is 0.765 bits per heavy atom. The summed E-state index contributed by atoms with van der Waals surface area (Å²) < 4.78 is 0. The van der Waals surface area contributed by atoms with E-state index < -0.39 is 0 Å². The highest BCUT2D eigenvalue weighted by Gasteiger charge is 2.04. The summed E-state index contributed by atoms with van der Waals surface area (Å²) in [7, 11) is 0. The Morgan fingerprint density at radius 3 is 1.71 bits per heavy atom. The Kier molecular flexibility index (Phi) is 12.4. The van der Waals surface area contributed by atoms with Crippen molar-refractivity contribution < 1.29 is 0 Å². The second-order valence-corrected chi connectivity index (χ2v) is 6.01. The van der Waals surface area contributed by atoms with Crippen molar-refractivity contribution in [2.75, 3.05) is 0 Å². The standard InChI is InChI=1S/C16H35N/c1-4-5-6-7-8-9-10-11-12-13-16(17)14-15(2)3/h15-16H,4-14,17H2,1-3H3. The topological polar surface area (TPSA) is 26.0 Å². The van der Waals surface area contributed by atoms with Crippen LogP contribution in [0.4, 0.5) is 0 Å². The van der Waals surface area contributed by atoms with Crippen molar-refractivity contribution in [2.24, 2.45) is 11.7 Å². The smallest absolute Gasteiger partial charge is 0.00412 e. The minimum Gasteiger partial charge on any atom is -0.328 e. The third-order valence-corrected chi connectivity index (χ3v) is 3.45. The number of hydrogen-bond donors (Lipinski definition) is 1. The van der Waals surface area contributed by atoms with Crippen LogP contribution in [0.15, 0.2) is 0 Å². The highest BCUT2D eigenvalue weighted by Crippen LogP contribution is 2.13. The Morgan fingerprint density at radius 2 is 1.24 bits per heavy atom. The van der Waals surface area contributed by atoms with Crippen LogP contribution in [0.25, 0.3) is 0 Å². The molecule has 1 unspecified atom stereocenters. The molecule has 0 rings (SSSR count). The fourth-order valence-electron chi connectivity index (χ4n) is 2.44. The summed E-state index contributed by atoms with van der Waals surface area (Å²) in [6.07, 6.45) is 15.1. The van der Waals surface area contributed by atoms with Crippen LogP contribution in [0.3, 0.4) is 0 Å². The summed E-state index contributed by atoms with van der Waals surface area (Å²) >= 11 is 0. The van der Waals surface area contributed by atoms with Crippen molar-refractivity contribution in [3.05, 3.63) is 0 Å². The molecule has 0 aromatic rings. The molecule has 17 heavy (non-hydrogen) atoms. The fourth-order valence-corrected chi connectivity index (χ4v) is 2.44. The van der Waals surface area contributed by atoms with E-state index in [0.717, 1.165) is 5.92 Å². The molecule has 0 radical (unpaired) electrons. The largest absolute Gasteiger partial charge is 0.328 e. The van der Waals surface area contributed by atoms with E-state index in [1.165, 1.54) is 70.6 Å². The lowest BCUT2D eigenvalue weighted by atomic mass is 9.98. The average Bonchev–Trinajstić information content (AvgIpc) is 2.26. The average molecular weight is 241 g/mol. The predicted octanol–water partition coefficient (Wildman–Crippen LogP) is 5.28. The van der Waals surface area contributed by atoms with Gasteiger partial charge < -0.3 is 5.73 Å².